The van der Waals surface area contributed by atoms with Crippen LogP contribution in [0, 0.1) is 0 Å². The topological polar surface area (TPSA) is 41.6 Å². The third-order valence-electron chi connectivity index (χ3n) is 4.08. The first-order chi connectivity index (χ1) is 11.7. The van der Waals surface area contributed by atoms with E-state index in [1.807, 2.05) is 41.3 Å². The second kappa shape index (κ2) is 9.08. The van der Waals surface area contributed by atoms with Gasteiger partial charge in [0.1, 0.15) is 5.75 Å². The maximum atomic E-state index is 12.6. The molecule has 0 aromatic heterocycles. The lowest BCUT2D eigenvalue weighted by atomic mass is 10.0. The number of ether oxygens (including phenoxy) is 1. The Hall–Kier alpha value is -2.33. The molecule has 0 heterocycles. The van der Waals surface area contributed by atoms with E-state index in [1.54, 1.807) is 14.2 Å². The Morgan fingerprint density at radius 3 is 2.46 bits per heavy atom. The fraction of sp³-hybridized carbons (Fsp3) is 0.350. The van der Waals surface area contributed by atoms with E-state index in [0.717, 1.165) is 23.3 Å². The molecular formula is C20H26N2O2. The maximum absolute atomic E-state index is 12.6. The molecule has 0 aliphatic rings. The molecular weight excluding hydrogens is 300 g/mol. The first-order valence-corrected chi connectivity index (χ1v) is 8.25. The molecule has 2 aromatic carbocycles. The summed E-state index contributed by atoms with van der Waals surface area (Å²) >= 11 is 0. The molecule has 0 fully saturated rings. The second-order valence-corrected chi connectivity index (χ2v) is 5.90. The summed E-state index contributed by atoms with van der Waals surface area (Å²) in [4.78, 5) is 14.5. The van der Waals surface area contributed by atoms with Gasteiger partial charge in [-0.05, 0) is 37.6 Å². The maximum Gasteiger partial charge on any atom is 0.237 e. The van der Waals surface area contributed by atoms with Gasteiger partial charge in [-0.2, -0.15) is 0 Å². The number of likely N-dealkylation sites (N-methyl/N-ethyl adjacent to an activating group) is 1. The molecule has 1 atom stereocenters. The smallest absolute Gasteiger partial charge is 0.237 e. The number of para-hydroxylation sites is 1. The van der Waals surface area contributed by atoms with Gasteiger partial charge in [0.2, 0.25) is 5.91 Å². The number of hydrogen-bond donors (Lipinski definition) is 1. The lowest BCUT2D eigenvalue weighted by molar-refractivity contribution is -0.132. The van der Waals surface area contributed by atoms with Crippen molar-refractivity contribution in [1.82, 2.24) is 10.2 Å². The first-order valence-electron chi connectivity index (χ1n) is 8.25. The van der Waals surface area contributed by atoms with Crippen LogP contribution in [0.2, 0.25) is 0 Å². The molecule has 0 bridgehead atoms. The van der Waals surface area contributed by atoms with Gasteiger partial charge >= 0.3 is 0 Å². The van der Waals surface area contributed by atoms with Crippen molar-refractivity contribution < 1.29 is 9.53 Å². The van der Waals surface area contributed by atoms with Gasteiger partial charge < -0.3 is 15.0 Å². The van der Waals surface area contributed by atoms with Crippen LogP contribution in [0.15, 0.2) is 54.6 Å². The first kappa shape index (κ1) is 18.0. The van der Waals surface area contributed by atoms with Crippen LogP contribution in [0.25, 0.3) is 0 Å². The Morgan fingerprint density at radius 2 is 1.79 bits per heavy atom. The van der Waals surface area contributed by atoms with Crippen molar-refractivity contribution in [2.75, 3.05) is 20.7 Å². The minimum atomic E-state index is 0.0716. The number of methoxy groups -OCH3 is 1. The van der Waals surface area contributed by atoms with E-state index in [2.05, 4.69) is 30.4 Å². The minimum Gasteiger partial charge on any atom is -0.496 e. The number of carbonyl (C=O) groups excluding carboxylic acids is 1. The Bertz CT molecular complexity index is 643. The van der Waals surface area contributed by atoms with Crippen LogP contribution in [0.4, 0.5) is 0 Å². The summed E-state index contributed by atoms with van der Waals surface area (Å²) in [6, 6.07) is 18.1. The van der Waals surface area contributed by atoms with Crippen LogP contribution >= 0.6 is 0 Å². The molecule has 0 spiro atoms. The molecule has 1 N–H and O–H groups in total. The highest BCUT2D eigenvalue weighted by atomic mass is 16.5. The van der Waals surface area contributed by atoms with Gasteiger partial charge in [-0.15, -0.1) is 0 Å². The van der Waals surface area contributed by atoms with E-state index < -0.39 is 0 Å². The van der Waals surface area contributed by atoms with Crippen LogP contribution in [0.3, 0.4) is 0 Å². The molecule has 2 rings (SSSR count). The van der Waals surface area contributed by atoms with E-state index in [4.69, 9.17) is 4.74 Å². The molecule has 1 unspecified atom stereocenters. The number of carbonyl (C=O) groups is 1. The summed E-state index contributed by atoms with van der Waals surface area (Å²) in [5.41, 5.74) is 2.25. The van der Waals surface area contributed by atoms with Crippen molar-refractivity contribution in [2.45, 2.75) is 25.9 Å². The highest BCUT2D eigenvalue weighted by molar-refractivity contribution is 5.78. The fourth-order valence-corrected chi connectivity index (χ4v) is 2.82. The zero-order valence-electron chi connectivity index (χ0n) is 14.7. The Morgan fingerprint density at radius 1 is 1.12 bits per heavy atom. The number of nitrogens with one attached hydrogen (secondary N) is 1. The normalized spacial score (nSPS) is 11.8. The van der Waals surface area contributed by atoms with E-state index in [-0.39, 0.29) is 11.9 Å². The van der Waals surface area contributed by atoms with Crippen LogP contribution < -0.4 is 10.1 Å². The summed E-state index contributed by atoms with van der Waals surface area (Å²) in [5, 5.41) is 2.96. The van der Waals surface area contributed by atoms with Gasteiger partial charge in [-0.3, -0.25) is 4.79 Å². The summed E-state index contributed by atoms with van der Waals surface area (Å²) in [6.07, 6.45) is 0.756. The zero-order chi connectivity index (χ0) is 17.4. The van der Waals surface area contributed by atoms with Gasteiger partial charge in [-0.25, -0.2) is 0 Å². The summed E-state index contributed by atoms with van der Waals surface area (Å²) in [5.74, 6) is 0.967. The highest BCUT2D eigenvalue weighted by Gasteiger charge is 2.21. The fourth-order valence-electron chi connectivity index (χ4n) is 2.82. The monoisotopic (exact) mass is 326 g/mol. The summed E-state index contributed by atoms with van der Waals surface area (Å²) in [7, 11) is 3.47. The number of amides is 1. The molecule has 0 saturated carbocycles. The Kier molecular flexibility index (Phi) is 6.82. The van der Waals surface area contributed by atoms with E-state index in [9.17, 15) is 4.79 Å². The molecule has 0 saturated heterocycles. The lowest BCUT2D eigenvalue weighted by Crippen LogP contribution is -2.43. The number of benzene rings is 2. The van der Waals surface area contributed by atoms with E-state index in [1.165, 1.54) is 0 Å². The van der Waals surface area contributed by atoms with Gasteiger partial charge in [0.25, 0.3) is 0 Å². The molecule has 0 aliphatic carbocycles. The van der Waals surface area contributed by atoms with Crippen molar-refractivity contribution >= 4 is 5.91 Å². The van der Waals surface area contributed by atoms with Gasteiger partial charge in [0.15, 0.2) is 0 Å². The zero-order valence-corrected chi connectivity index (χ0v) is 14.7. The predicted molar refractivity (Wildman–Crippen MR) is 97.1 cm³/mol. The van der Waals surface area contributed by atoms with Crippen LogP contribution in [-0.2, 0) is 17.8 Å². The van der Waals surface area contributed by atoms with Crippen molar-refractivity contribution in [1.29, 1.82) is 0 Å². The highest BCUT2D eigenvalue weighted by Crippen LogP contribution is 2.21. The van der Waals surface area contributed by atoms with Crippen molar-refractivity contribution in [3.8, 4) is 5.75 Å². The molecule has 128 valence electrons. The third kappa shape index (κ3) is 4.83. The standard InChI is InChI=1S/C20H26N2O2/c1-16(13-18-11-7-8-12-19(18)24-3)22(20(23)14-21-2)15-17-9-5-4-6-10-17/h4-12,16,21H,13-15H2,1-3H3. The molecule has 2 aromatic rings. The average molecular weight is 326 g/mol. The summed E-state index contributed by atoms with van der Waals surface area (Å²) in [6.45, 7) is 3.03. The number of hydrogen-bond acceptors (Lipinski definition) is 3. The largest absolute Gasteiger partial charge is 0.496 e. The second-order valence-electron chi connectivity index (χ2n) is 5.90. The van der Waals surface area contributed by atoms with Crippen LogP contribution in [0.1, 0.15) is 18.1 Å². The molecule has 0 radical (unpaired) electrons. The van der Waals surface area contributed by atoms with Crippen LogP contribution in [0.5, 0.6) is 5.75 Å². The lowest BCUT2D eigenvalue weighted by Gasteiger charge is -2.30. The molecule has 4 heteroatoms. The summed E-state index contributed by atoms with van der Waals surface area (Å²) < 4.78 is 5.44. The van der Waals surface area contributed by atoms with Gasteiger partial charge in [0, 0.05) is 12.6 Å². The van der Waals surface area contributed by atoms with Crippen molar-refractivity contribution in [3.05, 3.63) is 65.7 Å². The molecule has 4 nitrogen and oxygen atoms in total. The van der Waals surface area contributed by atoms with E-state index in [0.29, 0.717) is 13.1 Å². The Balaban J connectivity index is 2.17. The number of rotatable bonds is 8. The quantitative estimate of drug-likeness (QED) is 0.811. The molecule has 24 heavy (non-hydrogen) atoms. The average Bonchev–Trinajstić information content (AvgIpc) is 2.61. The van der Waals surface area contributed by atoms with Gasteiger partial charge in [-0.1, -0.05) is 48.5 Å². The number of nitrogens with zero attached hydrogens (tertiary/aromatic N) is 1. The Labute approximate surface area is 144 Å². The molecule has 1 amide bonds. The minimum absolute atomic E-state index is 0.0716. The SMILES string of the molecule is CNCC(=O)N(Cc1ccccc1)C(C)Cc1ccccc1OC. The van der Waals surface area contributed by atoms with Gasteiger partial charge in [0.05, 0.1) is 13.7 Å². The third-order valence-corrected chi connectivity index (χ3v) is 4.08. The predicted octanol–water partition coefficient (Wildman–Crippen LogP) is 2.87. The van der Waals surface area contributed by atoms with Crippen molar-refractivity contribution in [2.24, 2.45) is 0 Å². The van der Waals surface area contributed by atoms with Crippen LogP contribution in [-0.4, -0.2) is 37.6 Å². The molecule has 0 aliphatic heterocycles. The van der Waals surface area contributed by atoms with Crippen molar-refractivity contribution in [3.63, 3.8) is 0 Å². The van der Waals surface area contributed by atoms with E-state index >= 15 is 0 Å².